The molecule has 1 unspecified atom stereocenters. The standard InChI is InChI=1S/C9H17N3O/c1-6(10)4-9-11-7(2)8(12-9)5-13-3/h6H,4-5,10H2,1-3H3,(H,11,12). The van der Waals surface area contributed by atoms with Gasteiger partial charge in [0.15, 0.2) is 0 Å². The number of hydrogen-bond donors (Lipinski definition) is 2. The first kappa shape index (κ1) is 10.2. The van der Waals surface area contributed by atoms with E-state index in [0.29, 0.717) is 6.61 Å². The van der Waals surface area contributed by atoms with Gasteiger partial charge in [0.05, 0.1) is 12.3 Å². The number of imidazole rings is 1. The molecule has 4 heteroatoms. The van der Waals surface area contributed by atoms with E-state index < -0.39 is 0 Å². The Bertz CT molecular complexity index is 268. The molecule has 1 rings (SSSR count). The van der Waals surface area contributed by atoms with Crippen LogP contribution in [-0.4, -0.2) is 23.1 Å². The van der Waals surface area contributed by atoms with Gasteiger partial charge < -0.3 is 15.5 Å². The zero-order valence-electron chi connectivity index (χ0n) is 8.42. The summed E-state index contributed by atoms with van der Waals surface area (Å²) in [4.78, 5) is 7.57. The van der Waals surface area contributed by atoms with Gasteiger partial charge in [-0.1, -0.05) is 0 Å². The zero-order valence-corrected chi connectivity index (χ0v) is 8.42. The van der Waals surface area contributed by atoms with Crippen LogP contribution in [0.2, 0.25) is 0 Å². The number of aromatic nitrogens is 2. The number of aryl methyl sites for hydroxylation is 1. The molecular formula is C9H17N3O. The second-order valence-corrected chi connectivity index (χ2v) is 3.37. The summed E-state index contributed by atoms with van der Waals surface area (Å²) >= 11 is 0. The molecule has 0 saturated heterocycles. The number of hydrogen-bond acceptors (Lipinski definition) is 3. The van der Waals surface area contributed by atoms with E-state index in [1.54, 1.807) is 7.11 Å². The van der Waals surface area contributed by atoms with Crippen molar-refractivity contribution in [2.24, 2.45) is 5.73 Å². The molecule has 0 radical (unpaired) electrons. The van der Waals surface area contributed by atoms with Crippen LogP contribution in [0, 0.1) is 6.92 Å². The highest BCUT2D eigenvalue weighted by Gasteiger charge is 2.07. The number of H-pyrrole nitrogens is 1. The van der Waals surface area contributed by atoms with Crippen molar-refractivity contribution < 1.29 is 4.74 Å². The summed E-state index contributed by atoms with van der Waals surface area (Å²) < 4.78 is 5.01. The van der Waals surface area contributed by atoms with E-state index in [4.69, 9.17) is 10.5 Å². The normalized spacial score (nSPS) is 13.2. The molecule has 3 N–H and O–H groups in total. The Kier molecular flexibility index (Phi) is 3.45. The molecule has 0 aliphatic carbocycles. The summed E-state index contributed by atoms with van der Waals surface area (Å²) in [5.74, 6) is 0.944. The quantitative estimate of drug-likeness (QED) is 0.724. The van der Waals surface area contributed by atoms with Crippen LogP contribution in [0.15, 0.2) is 0 Å². The minimum atomic E-state index is 0.140. The number of aromatic amines is 1. The Morgan fingerprint density at radius 2 is 2.31 bits per heavy atom. The molecule has 13 heavy (non-hydrogen) atoms. The Hall–Kier alpha value is -0.870. The van der Waals surface area contributed by atoms with Gasteiger partial charge in [-0.3, -0.25) is 0 Å². The monoisotopic (exact) mass is 183 g/mol. The van der Waals surface area contributed by atoms with Gasteiger partial charge in [-0.05, 0) is 13.8 Å². The Labute approximate surface area is 78.5 Å². The number of methoxy groups -OCH3 is 1. The van der Waals surface area contributed by atoms with E-state index >= 15 is 0 Å². The predicted molar refractivity (Wildman–Crippen MR) is 51.4 cm³/mol. The van der Waals surface area contributed by atoms with Crippen molar-refractivity contribution in [3.8, 4) is 0 Å². The van der Waals surface area contributed by atoms with Crippen LogP contribution in [0.25, 0.3) is 0 Å². The first-order chi connectivity index (χ1) is 6.13. The molecule has 1 aromatic rings. The van der Waals surface area contributed by atoms with Gasteiger partial charge >= 0.3 is 0 Å². The highest BCUT2D eigenvalue weighted by atomic mass is 16.5. The van der Waals surface area contributed by atoms with Crippen molar-refractivity contribution >= 4 is 0 Å². The second kappa shape index (κ2) is 4.39. The lowest BCUT2D eigenvalue weighted by Crippen LogP contribution is -2.18. The molecule has 0 spiro atoms. The Morgan fingerprint density at radius 3 is 2.85 bits per heavy atom. The van der Waals surface area contributed by atoms with Crippen LogP contribution in [0.3, 0.4) is 0 Å². The summed E-state index contributed by atoms with van der Waals surface area (Å²) in [6, 6.07) is 0.140. The van der Waals surface area contributed by atoms with Gasteiger partial charge in [0.2, 0.25) is 0 Å². The van der Waals surface area contributed by atoms with Gasteiger partial charge in [0.25, 0.3) is 0 Å². The number of nitrogens with two attached hydrogens (primary N) is 1. The third-order valence-corrected chi connectivity index (χ3v) is 1.83. The summed E-state index contributed by atoms with van der Waals surface area (Å²) in [5, 5.41) is 0. The van der Waals surface area contributed by atoms with Crippen LogP contribution < -0.4 is 5.73 Å². The van der Waals surface area contributed by atoms with Crippen molar-refractivity contribution in [2.75, 3.05) is 7.11 Å². The number of nitrogens with zero attached hydrogens (tertiary/aromatic N) is 1. The average Bonchev–Trinajstić information content (AvgIpc) is 2.31. The van der Waals surface area contributed by atoms with E-state index in [1.807, 2.05) is 13.8 Å². The highest BCUT2D eigenvalue weighted by molar-refractivity contribution is 5.12. The van der Waals surface area contributed by atoms with Gasteiger partial charge in [-0.2, -0.15) is 0 Å². The molecule has 0 aliphatic rings. The molecule has 0 aromatic carbocycles. The molecular weight excluding hydrogens is 166 g/mol. The molecule has 1 aromatic heterocycles. The van der Waals surface area contributed by atoms with E-state index in [2.05, 4.69) is 9.97 Å². The number of ether oxygens (including phenoxy) is 1. The molecule has 0 amide bonds. The van der Waals surface area contributed by atoms with Gasteiger partial charge in [-0.15, -0.1) is 0 Å². The SMILES string of the molecule is COCc1nc(CC(C)N)[nH]c1C. The summed E-state index contributed by atoms with van der Waals surface area (Å²) in [6.45, 7) is 4.52. The predicted octanol–water partition coefficient (Wildman–Crippen LogP) is 0.754. The highest BCUT2D eigenvalue weighted by Crippen LogP contribution is 2.07. The van der Waals surface area contributed by atoms with E-state index in [9.17, 15) is 0 Å². The van der Waals surface area contributed by atoms with Gasteiger partial charge in [0, 0.05) is 25.3 Å². The maximum Gasteiger partial charge on any atom is 0.108 e. The van der Waals surface area contributed by atoms with Crippen LogP contribution in [0.5, 0.6) is 0 Å². The molecule has 0 aliphatic heterocycles. The zero-order chi connectivity index (χ0) is 9.84. The third-order valence-electron chi connectivity index (χ3n) is 1.83. The van der Waals surface area contributed by atoms with Crippen LogP contribution >= 0.6 is 0 Å². The topological polar surface area (TPSA) is 63.9 Å². The van der Waals surface area contributed by atoms with E-state index in [1.165, 1.54) is 0 Å². The summed E-state index contributed by atoms with van der Waals surface area (Å²) in [7, 11) is 1.67. The van der Waals surface area contributed by atoms with Crippen LogP contribution in [0.4, 0.5) is 0 Å². The molecule has 1 heterocycles. The van der Waals surface area contributed by atoms with Crippen molar-refractivity contribution in [3.63, 3.8) is 0 Å². The molecule has 0 fully saturated rings. The molecule has 1 atom stereocenters. The first-order valence-corrected chi connectivity index (χ1v) is 4.42. The smallest absolute Gasteiger partial charge is 0.108 e. The Balaban J connectivity index is 2.70. The lowest BCUT2D eigenvalue weighted by Gasteiger charge is -1.99. The van der Waals surface area contributed by atoms with Crippen LogP contribution in [0.1, 0.15) is 24.1 Å². The van der Waals surface area contributed by atoms with Crippen molar-refractivity contribution in [1.82, 2.24) is 9.97 Å². The lowest BCUT2D eigenvalue weighted by molar-refractivity contribution is 0.181. The number of nitrogens with one attached hydrogen (secondary N) is 1. The minimum absolute atomic E-state index is 0.140. The maximum absolute atomic E-state index is 5.67. The second-order valence-electron chi connectivity index (χ2n) is 3.37. The fraction of sp³-hybridized carbons (Fsp3) is 0.667. The molecule has 4 nitrogen and oxygen atoms in total. The third kappa shape index (κ3) is 2.82. The molecule has 74 valence electrons. The van der Waals surface area contributed by atoms with Crippen molar-refractivity contribution in [2.45, 2.75) is 32.9 Å². The molecule has 0 saturated carbocycles. The minimum Gasteiger partial charge on any atom is -0.378 e. The van der Waals surface area contributed by atoms with Gasteiger partial charge in [0.1, 0.15) is 5.82 Å². The number of rotatable bonds is 4. The van der Waals surface area contributed by atoms with E-state index in [-0.39, 0.29) is 6.04 Å². The fourth-order valence-corrected chi connectivity index (χ4v) is 1.24. The maximum atomic E-state index is 5.67. The van der Waals surface area contributed by atoms with Crippen molar-refractivity contribution in [3.05, 3.63) is 17.2 Å². The first-order valence-electron chi connectivity index (χ1n) is 4.42. The van der Waals surface area contributed by atoms with Crippen molar-refractivity contribution in [1.29, 1.82) is 0 Å². The summed E-state index contributed by atoms with van der Waals surface area (Å²) in [6.07, 6.45) is 0.782. The Morgan fingerprint density at radius 1 is 1.62 bits per heavy atom. The lowest BCUT2D eigenvalue weighted by atomic mass is 10.2. The average molecular weight is 183 g/mol. The van der Waals surface area contributed by atoms with Crippen LogP contribution in [-0.2, 0) is 17.8 Å². The summed E-state index contributed by atoms with van der Waals surface area (Å²) in [5.41, 5.74) is 7.70. The van der Waals surface area contributed by atoms with Gasteiger partial charge in [-0.25, -0.2) is 4.98 Å². The fourth-order valence-electron chi connectivity index (χ4n) is 1.24. The van der Waals surface area contributed by atoms with E-state index in [0.717, 1.165) is 23.6 Å². The largest absolute Gasteiger partial charge is 0.378 e. The molecule has 0 bridgehead atoms.